The second-order valence-electron chi connectivity index (χ2n) is 4.88. The summed E-state index contributed by atoms with van der Waals surface area (Å²) in [6, 6.07) is 4.07. The first-order valence-corrected chi connectivity index (χ1v) is 7.90. The normalized spacial score (nSPS) is 15.1. The first kappa shape index (κ1) is 14.8. The summed E-state index contributed by atoms with van der Waals surface area (Å²) in [4.78, 5) is 11.6. The molecule has 0 unspecified atom stereocenters. The van der Waals surface area contributed by atoms with Crippen LogP contribution in [0.15, 0.2) is 23.1 Å². The molecule has 0 amide bonds. The van der Waals surface area contributed by atoms with E-state index in [1.54, 1.807) is 0 Å². The third-order valence-electron chi connectivity index (χ3n) is 3.24. The smallest absolute Gasteiger partial charge is 0.339 e. The summed E-state index contributed by atoms with van der Waals surface area (Å²) in [5, 5.41) is 0. The molecule has 0 spiro atoms. The molecule has 0 radical (unpaired) electrons. The van der Waals surface area contributed by atoms with E-state index in [9.17, 15) is 13.2 Å². The number of benzene rings is 1. The highest BCUT2D eigenvalue weighted by Gasteiger charge is 2.25. The van der Waals surface area contributed by atoms with Gasteiger partial charge in [0.05, 0.1) is 17.6 Å². The third-order valence-corrected chi connectivity index (χ3v) is 4.76. The summed E-state index contributed by atoms with van der Waals surface area (Å²) in [7, 11) is -2.54. The van der Waals surface area contributed by atoms with Gasteiger partial charge in [-0.05, 0) is 30.5 Å². The summed E-state index contributed by atoms with van der Waals surface area (Å²) in [5.41, 5.74) is 5.85. The van der Waals surface area contributed by atoms with E-state index in [4.69, 9.17) is 5.73 Å². The van der Waals surface area contributed by atoms with Gasteiger partial charge >= 0.3 is 5.97 Å². The van der Waals surface area contributed by atoms with Gasteiger partial charge in [0.1, 0.15) is 0 Å². The van der Waals surface area contributed by atoms with E-state index in [0.717, 1.165) is 19.3 Å². The highest BCUT2D eigenvalue weighted by molar-refractivity contribution is 7.89. The number of nitrogens with two attached hydrogens (primary N) is 1. The molecule has 0 saturated heterocycles. The fraction of sp³-hybridized carbons (Fsp3) is 0.462. The summed E-state index contributed by atoms with van der Waals surface area (Å²) in [6.45, 7) is 0.373. The molecule has 6 nitrogen and oxygen atoms in total. The molecule has 110 valence electrons. The third kappa shape index (κ3) is 3.49. The topological polar surface area (TPSA) is 98.5 Å². The van der Waals surface area contributed by atoms with Gasteiger partial charge in [0, 0.05) is 12.2 Å². The van der Waals surface area contributed by atoms with Gasteiger partial charge in [-0.2, -0.15) is 0 Å². The van der Waals surface area contributed by atoms with E-state index in [1.165, 1.54) is 25.3 Å². The minimum absolute atomic E-state index is 0.0496. The number of esters is 1. The molecule has 1 saturated carbocycles. The average molecular weight is 298 g/mol. The van der Waals surface area contributed by atoms with E-state index >= 15 is 0 Å². The Bertz CT molecular complexity index is 609. The second-order valence-corrected chi connectivity index (χ2v) is 6.61. The predicted octanol–water partition coefficient (Wildman–Crippen LogP) is 1.13. The van der Waals surface area contributed by atoms with Gasteiger partial charge in [-0.3, -0.25) is 0 Å². The number of nitrogens with one attached hydrogen (secondary N) is 1. The molecule has 0 heterocycles. The number of hydrogen-bond acceptors (Lipinski definition) is 5. The van der Waals surface area contributed by atoms with Crippen LogP contribution in [-0.4, -0.2) is 28.0 Å². The first-order valence-electron chi connectivity index (χ1n) is 6.41. The maximum Gasteiger partial charge on any atom is 0.339 e. The van der Waals surface area contributed by atoms with Crippen LogP contribution in [0.5, 0.6) is 0 Å². The average Bonchev–Trinajstić information content (AvgIpc) is 3.21. The zero-order valence-corrected chi connectivity index (χ0v) is 12.1. The Labute approximate surface area is 118 Å². The van der Waals surface area contributed by atoms with E-state index in [-0.39, 0.29) is 10.5 Å². The number of nitrogen functional groups attached to an aromatic ring is 1. The van der Waals surface area contributed by atoms with E-state index in [1.807, 2.05) is 0 Å². The number of hydrogen-bond donors (Lipinski definition) is 2. The zero-order chi connectivity index (χ0) is 14.8. The van der Waals surface area contributed by atoms with Gasteiger partial charge in [0.15, 0.2) is 0 Å². The van der Waals surface area contributed by atoms with Crippen molar-refractivity contribution in [1.82, 2.24) is 4.72 Å². The first-order chi connectivity index (χ1) is 9.44. The summed E-state index contributed by atoms with van der Waals surface area (Å²) >= 11 is 0. The van der Waals surface area contributed by atoms with Crippen LogP contribution in [0.4, 0.5) is 5.69 Å². The maximum atomic E-state index is 12.2. The number of sulfonamides is 1. The Morgan fingerprint density at radius 3 is 2.75 bits per heavy atom. The van der Waals surface area contributed by atoms with Crippen molar-refractivity contribution in [2.45, 2.75) is 24.2 Å². The maximum absolute atomic E-state index is 12.2. The Hall–Kier alpha value is -1.60. The van der Waals surface area contributed by atoms with Crippen LogP contribution in [0, 0.1) is 5.92 Å². The molecule has 0 aromatic heterocycles. The summed E-state index contributed by atoms with van der Waals surface area (Å²) in [5.74, 6) is -0.0935. The second kappa shape index (κ2) is 5.80. The molecule has 20 heavy (non-hydrogen) atoms. The van der Waals surface area contributed by atoms with Crippen molar-refractivity contribution < 1.29 is 17.9 Å². The fourth-order valence-electron chi connectivity index (χ4n) is 1.93. The number of rotatable bonds is 6. The minimum atomic E-state index is -3.74. The Morgan fingerprint density at radius 2 is 2.15 bits per heavy atom. The zero-order valence-electron chi connectivity index (χ0n) is 11.3. The van der Waals surface area contributed by atoms with Crippen molar-refractivity contribution in [3.63, 3.8) is 0 Å². The Morgan fingerprint density at radius 1 is 1.45 bits per heavy atom. The van der Waals surface area contributed by atoms with Crippen molar-refractivity contribution in [1.29, 1.82) is 0 Å². The lowest BCUT2D eigenvalue weighted by Crippen LogP contribution is -2.27. The van der Waals surface area contributed by atoms with Crippen molar-refractivity contribution in [2.75, 3.05) is 19.4 Å². The number of carbonyl (C=O) groups is 1. The van der Waals surface area contributed by atoms with Crippen LogP contribution in [0.25, 0.3) is 0 Å². The molecule has 0 atom stereocenters. The van der Waals surface area contributed by atoms with Crippen molar-refractivity contribution >= 4 is 21.7 Å². The highest BCUT2D eigenvalue weighted by Crippen LogP contribution is 2.32. The van der Waals surface area contributed by atoms with Gasteiger partial charge < -0.3 is 10.5 Å². The molecule has 0 aliphatic heterocycles. The number of anilines is 1. The summed E-state index contributed by atoms with van der Waals surface area (Å²) < 4.78 is 31.6. The van der Waals surface area contributed by atoms with Crippen LogP contribution in [0.3, 0.4) is 0 Å². The summed E-state index contributed by atoms with van der Waals surface area (Å²) in [6.07, 6.45) is 3.15. The van der Waals surface area contributed by atoms with Gasteiger partial charge in [0.2, 0.25) is 10.0 Å². The highest BCUT2D eigenvalue weighted by atomic mass is 32.2. The molecule has 3 N–H and O–H groups in total. The SMILES string of the molecule is COC(=O)c1cc(N)ccc1S(=O)(=O)NCCC1CC1. The lowest BCUT2D eigenvalue weighted by atomic mass is 10.2. The Kier molecular flexibility index (Phi) is 4.29. The van der Waals surface area contributed by atoms with E-state index < -0.39 is 16.0 Å². The van der Waals surface area contributed by atoms with Crippen LogP contribution in [0.1, 0.15) is 29.6 Å². The van der Waals surface area contributed by atoms with E-state index in [0.29, 0.717) is 18.2 Å². The molecule has 1 aromatic carbocycles. The van der Waals surface area contributed by atoms with Crippen molar-refractivity contribution in [3.8, 4) is 0 Å². The van der Waals surface area contributed by atoms with Crippen LogP contribution in [0.2, 0.25) is 0 Å². The Balaban J connectivity index is 2.22. The lowest BCUT2D eigenvalue weighted by Gasteiger charge is -2.11. The quantitative estimate of drug-likeness (QED) is 0.606. The number of carbonyl (C=O) groups excluding carboxylic acids is 1. The monoisotopic (exact) mass is 298 g/mol. The van der Waals surface area contributed by atoms with Crippen molar-refractivity contribution in [3.05, 3.63) is 23.8 Å². The van der Waals surface area contributed by atoms with Gasteiger partial charge in [-0.15, -0.1) is 0 Å². The van der Waals surface area contributed by atoms with E-state index in [2.05, 4.69) is 9.46 Å². The molecule has 0 bridgehead atoms. The number of methoxy groups -OCH3 is 1. The molecular formula is C13H18N2O4S. The largest absolute Gasteiger partial charge is 0.465 e. The minimum Gasteiger partial charge on any atom is -0.465 e. The van der Waals surface area contributed by atoms with Crippen LogP contribution in [-0.2, 0) is 14.8 Å². The molecule has 1 fully saturated rings. The molecule has 7 heteroatoms. The molecule has 2 rings (SSSR count). The fourth-order valence-corrected chi connectivity index (χ4v) is 3.15. The van der Waals surface area contributed by atoms with Gasteiger partial charge in [0.25, 0.3) is 0 Å². The van der Waals surface area contributed by atoms with Crippen LogP contribution >= 0.6 is 0 Å². The van der Waals surface area contributed by atoms with Gasteiger partial charge in [-0.1, -0.05) is 12.8 Å². The van der Waals surface area contributed by atoms with Crippen molar-refractivity contribution in [2.24, 2.45) is 5.92 Å². The van der Waals surface area contributed by atoms with Gasteiger partial charge in [-0.25, -0.2) is 17.9 Å². The molecule has 1 aliphatic rings. The lowest BCUT2D eigenvalue weighted by molar-refractivity contribution is 0.0596. The standard InChI is InChI=1S/C13H18N2O4S/c1-19-13(16)11-8-10(14)4-5-12(11)20(17,18)15-7-6-9-2-3-9/h4-5,8-9,15H,2-3,6-7,14H2,1H3. The number of ether oxygens (including phenoxy) is 1. The molecule has 1 aliphatic carbocycles. The molecular weight excluding hydrogens is 280 g/mol. The molecule has 1 aromatic rings. The predicted molar refractivity (Wildman–Crippen MR) is 74.7 cm³/mol. The van der Waals surface area contributed by atoms with Crippen LogP contribution < -0.4 is 10.5 Å².